The minimum absolute atomic E-state index is 0.0624. The number of carbonyl (C=O) groups excluding carboxylic acids is 3. The van der Waals surface area contributed by atoms with E-state index in [1.54, 1.807) is 44.3 Å². The number of nitrogens with two attached hydrogens (primary N) is 1. The maximum atomic E-state index is 12.5. The van der Waals surface area contributed by atoms with Crippen molar-refractivity contribution in [1.29, 1.82) is 0 Å². The third-order valence-corrected chi connectivity index (χ3v) is 5.70. The summed E-state index contributed by atoms with van der Waals surface area (Å²) in [4.78, 5) is 56.6. The first kappa shape index (κ1) is 25.9. The zero-order chi connectivity index (χ0) is 27.7. The second-order valence-corrected chi connectivity index (χ2v) is 8.98. The van der Waals surface area contributed by atoms with E-state index in [1.807, 2.05) is 32.9 Å². The van der Waals surface area contributed by atoms with E-state index in [0.29, 0.717) is 33.7 Å². The van der Waals surface area contributed by atoms with Crippen LogP contribution in [0.4, 0.5) is 11.5 Å². The molecule has 38 heavy (non-hydrogen) atoms. The van der Waals surface area contributed by atoms with Crippen LogP contribution in [0.25, 0.3) is 11.0 Å². The molecule has 3 aromatic rings. The van der Waals surface area contributed by atoms with E-state index in [0.717, 1.165) is 16.3 Å². The number of amides is 3. The monoisotopic (exact) mass is 514 g/mol. The third-order valence-electron chi connectivity index (χ3n) is 5.70. The Balaban J connectivity index is 0.000000186. The Bertz CT molecular complexity index is 1650. The van der Waals surface area contributed by atoms with Gasteiger partial charge in [0.25, 0.3) is 17.7 Å². The fourth-order valence-corrected chi connectivity index (χ4v) is 4.07. The van der Waals surface area contributed by atoms with Crippen LogP contribution in [0.2, 0.25) is 0 Å². The molecule has 0 aliphatic carbocycles. The summed E-state index contributed by atoms with van der Waals surface area (Å²) in [7, 11) is 0. The quantitative estimate of drug-likeness (QED) is 0.455. The van der Waals surface area contributed by atoms with E-state index in [4.69, 9.17) is 5.73 Å². The molecule has 0 atom stereocenters. The number of hydrogen-bond acceptors (Lipinski definition) is 7. The highest BCUT2D eigenvalue weighted by Crippen LogP contribution is 2.27. The number of imidazole rings is 1. The molecule has 2 aromatic heterocycles. The van der Waals surface area contributed by atoms with E-state index < -0.39 is 11.8 Å². The third kappa shape index (κ3) is 4.78. The van der Waals surface area contributed by atoms with Crippen LogP contribution in [-0.4, -0.2) is 44.1 Å². The highest BCUT2D eigenvalue weighted by molar-refractivity contribution is 6.54. The molecule has 0 fully saturated rings. The number of pyridine rings is 1. The number of aromatic amines is 2. The van der Waals surface area contributed by atoms with E-state index in [2.05, 4.69) is 25.2 Å². The van der Waals surface area contributed by atoms with E-state index in [-0.39, 0.29) is 22.9 Å². The molecule has 3 amide bonds. The second-order valence-electron chi connectivity index (χ2n) is 8.98. The number of aromatic nitrogens is 3. The maximum Gasteiger partial charge on any atom is 0.323 e. The van der Waals surface area contributed by atoms with Crippen molar-refractivity contribution in [2.45, 2.75) is 34.6 Å². The summed E-state index contributed by atoms with van der Waals surface area (Å²) in [5, 5.41) is 10.7. The van der Waals surface area contributed by atoms with Crippen molar-refractivity contribution in [3.05, 3.63) is 75.4 Å². The van der Waals surface area contributed by atoms with Crippen molar-refractivity contribution in [3.63, 3.8) is 0 Å². The normalized spacial score (nSPS) is 15.0. The van der Waals surface area contributed by atoms with Gasteiger partial charge in [-0.15, -0.1) is 0 Å². The van der Waals surface area contributed by atoms with Crippen molar-refractivity contribution >= 4 is 51.7 Å². The Hall–Kier alpha value is -5.13. The molecule has 1 aromatic carbocycles. The first-order chi connectivity index (χ1) is 18.0. The van der Waals surface area contributed by atoms with Gasteiger partial charge in [0.1, 0.15) is 0 Å². The van der Waals surface area contributed by atoms with Gasteiger partial charge in [-0.25, -0.2) is 9.78 Å². The van der Waals surface area contributed by atoms with Crippen molar-refractivity contribution in [1.82, 2.24) is 15.0 Å². The fourth-order valence-electron chi connectivity index (χ4n) is 4.07. The average molecular weight is 515 g/mol. The number of H-pyrrole nitrogens is 2. The molecule has 0 spiro atoms. The Morgan fingerprint density at radius 3 is 2.05 bits per heavy atom. The molecular weight excluding hydrogens is 488 g/mol. The van der Waals surface area contributed by atoms with Crippen LogP contribution in [0, 0.1) is 0 Å². The highest BCUT2D eigenvalue weighted by Gasteiger charge is 2.35. The topological polar surface area (TPSA) is 170 Å². The molecule has 0 unspecified atom stereocenters. The fraction of sp³-hybridized carbons (Fsp3) is 0.192. The van der Waals surface area contributed by atoms with Gasteiger partial charge in [-0.1, -0.05) is 17.2 Å². The van der Waals surface area contributed by atoms with E-state index in [9.17, 15) is 19.2 Å². The van der Waals surface area contributed by atoms with Crippen LogP contribution in [0.1, 0.15) is 34.6 Å². The Morgan fingerprint density at radius 1 is 0.842 bits per heavy atom. The molecule has 2 aliphatic heterocycles. The summed E-state index contributed by atoms with van der Waals surface area (Å²) in [5.41, 5.74) is 9.73. The van der Waals surface area contributed by atoms with Gasteiger partial charge in [-0.2, -0.15) is 20.2 Å². The Kier molecular flexibility index (Phi) is 6.89. The molecule has 0 radical (unpaired) electrons. The second kappa shape index (κ2) is 10.1. The summed E-state index contributed by atoms with van der Waals surface area (Å²) in [5.74, 6) is -0.728. The molecular formula is C26H26N8O4. The number of anilines is 2. The number of benzene rings is 1. The van der Waals surface area contributed by atoms with E-state index in [1.165, 1.54) is 5.01 Å². The maximum absolute atomic E-state index is 12.5. The number of hydrogen-bond donors (Lipinski definition) is 3. The van der Waals surface area contributed by atoms with E-state index >= 15 is 0 Å². The van der Waals surface area contributed by atoms with Crippen molar-refractivity contribution in [2.75, 3.05) is 10.0 Å². The SMILES string of the molecule is CC(C)=C1C(=O)N(c2ccc3[nH]c(=O)[nH]c3c2)N=C1C(N)=O.CC1=NN(c2ccccn2)C(=O)C1=C(C)C. The highest BCUT2D eigenvalue weighted by atomic mass is 16.2. The minimum Gasteiger partial charge on any atom is -0.364 e. The zero-order valence-corrected chi connectivity index (χ0v) is 21.5. The standard InChI is InChI=1S/C14H13N5O3.C12H13N3O/c1-6(2)10-11(12(15)20)18-19(13(10)21)7-3-4-8-9(5-7)17-14(22)16-8;1-8(2)11-9(3)14-15(12(11)16)10-6-4-5-7-13-10/h3-5H,1-2H3,(H2,15,20)(H2,16,17,22);4-7H,1-3H3. The molecule has 0 bridgehead atoms. The predicted molar refractivity (Wildman–Crippen MR) is 145 cm³/mol. The number of carbonyl (C=O) groups is 3. The van der Waals surface area contributed by atoms with Gasteiger partial charge in [-0.3, -0.25) is 14.4 Å². The lowest BCUT2D eigenvalue weighted by atomic mass is 10.1. The number of nitrogens with zero attached hydrogens (tertiary/aromatic N) is 5. The lowest BCUT2D eigenvalue weighted by Crippen LogP contribution is -2.26. The van der Waals surface area contributed by atoms with Crippen LogP contribution in [0.3, 0.4) is 0 Å². The summed E-state index contributed by atoms with van der Waals surface area (Å²) in [6, 6.07) is 10.3. The number of primary amides is 1. The summed E-state index contributed by atoms with van der Waals surface area (Å²) >= 11 is 0. The smallest absolute Gasteiger partial charge is 0.323 e. The van der Waals surface area contributed by atoms with Gasteiger partial charge in [-0.05, 0) is 65.0 Å². The lowest BCUT2D eigenvalue weighted by molar-refractivity contribution is -0.115. The first-order valence-electron chi connectivity index (χ1n) is 11.6. The van der Waals surface area contributed by atoms with Gasteiger partial charge >= 0.3 is 5.69 Å². The molecule has 0 saturated carbocycles. The van der Waals surface area contributed by atoms with Crippen molar-refractivity contribution < 1.29 is 14.4 Å². The van der Waals surface area contributed by atoms with Crippen molar-refractivity contribution in [3.8, 4) is 0 Å². The average Bonchev–Trinajstić information content (AvgIpc) is 3.50. The zero-order valence-electron chi connectivity index (χ0n) is 21.5. The summed E-state index contributed by atoms with van der Waals surface area (Å²) in [6.07, 6.45) is 1.65. The molecule has 5 rings (SSSR count). The molecule has 12 nitrogen and oxygen atoms in total. The van der Waals surface area contributed by atoms with Crippen LogP contribution in [0.5, 0.6) is 0 Å². The molecule has 4 heterocycles. The van der Waals surface area contributed by atoms with Crippen LogP contribution in [0.15, 0.2) is 79.9 Å². The Labute approximate surface area is 217 Å². The van der Waals surface area contributed by atoms with Gasteiger partial charge in [0.05, 0.1) is 33.6 Å². The molecule has 4 N–H and O–H groups in total. The Morgan fingerprint density at radius 2 is 1.50 bits per heavy atom. The largest absolute Gasteiger partial charge is 0.364 e. The predicted octanol–water partition coefficient (Wildman–Crippen LogP) is 2.52. The van der Waals surface area contributed by atoms with Gasteiger partial charge in [0, 0.05) is 6.20 Å². The van der Waals surface area contributed by atoms with Gasteiger partial charge in [0.15, 0.2) is 11.5 Å². The molecule has 0 saturated heterocycles. The number of nitrogens with one attached hydrogen (secondary N) is 2. The van der Waals surface area contributed by atoms with Gasteiger partial charge < -0.3 is 15.7 Å². The van der Waals surface area contributed by atoms with Crippen LogP contribution in [-0.2, 0) is 14.4 Å². The molecule has 2 aliphatic rings. The van der Waals surface area contributed by atoms with Crippen LogP contribution < -0.4 is 21.4 Å². The molecule has 194 valence electrons. The summed E-state index contributed by atoms with van der Waals surface area (Å²) in [6.45, 7) is 9.08. The first-order valence-corrected chi connectivity index (χ1v) is 11.6. The number of rotatable bonds is 3. The van der Waals surface area contributed by atoms with Gasteiger partial charge in [0.2, 0.25) is 0 Å². The summed E-state index contributed by atoms with van der Waals surface area (Å²) < 4.78 is 0. The lowest BCUT2D eigenvalue weighted by Gasteiger charge is -2.11. The minimum atomic E-state index is -0.761. The van der Waals surface area contributed by atoms with Crippen molar-refractivity contribution in [2.24, 2.45) is 15.9 Å². The van der Waals surface area contributed by atoms with Crippen LogP contribution >= 0.6 is 0 Å². The molecule has 12 heteroatoms. The number of fused-ring (bicyclic) bond motifs is 1. The number of hydrazone groups is 2. The number of allylic oxidation sites excluding steroid dienone is 2.